The molecule has 12 heteroatoms. The van der Waals surface area contributed by atoms with Crippen LogP contribution in [0.2, 0.25) is 0 Å². The number of nitrogens with two attached hydrogens (primary N) is 2. The third-order valence-electron chi connectivity index (χ3n) is 4.03. The highest BCUT2D eigenvalue weighted by Gasteiger charge is 2.22. The number of rotatable bonds is 14. The van der Waals surface area contributed by atoms with Crippen LogP contribution >= 0.6 is 0 Å². The van der Waals surface area contributed by atoms with E-state index >= 15 is 0 Å². The minimum absolute atomic E-state index is 0.0665. The molecule has 0 unspecified atom stereocenters. The number of unbranched alkanes of at least 4 members (excludes halogenated alkanes) is 1. The molecule has 0 bridgehead atoms. The Bertz CT molecular complexity index is 585. The van der Waals surface area contributed by atoms with Crippen molar-refractivity contribution in [2.75, 3.05) is 20.1 Å². The maximum absolute atomic E-state index is 12.0. The van der Waals surface area contributed by atoms with Gasteiger partial charge in [-0.15, -0.1) is 0 Å². The highest BCUT2D eigenvalue weighted by atomic mass is 16.4. The predicted octanol–water partition coefficient (Wildman–Crippen LogP) is -2.84. The van der Waals surface area contributed by atoms with Crippen LogP contribution < -0.4 is 32.7 Å². The van der Waals surface area contributed by atoms with Gasteiger partial charge in [-0.1, -0.05) is 0 Å². The molecule has 4 amide bonds. The number of hydrogen-bond acceptors (Lipinski definition) is 7. The van der Waals surface area contributed by atoms with Gasteiger partial charge in [0, 0.05) is 13.5 Å². The Hall–Kier alpha value is -2.73. The second-order valence-electron chi connectivity index (χ2n) is 6.51. The van der Waals surface area contributed by atoms with Crippen molar-refractivity contribution in [1.82, 2.24) is 21.3 Å². The van der Waals surface area contributed by atoms with Gasteiger partial charge in [-0.05, 0) is 39.2 Å². The normalized spacial score (nSPS) is 13.5. The molecule has 0 rings (SSSR count). The van der Waals surface area contributed by atoms with Crippen LogP contribution in [-0.2, 0) is 24.0 Å². The first-order chi connectivity index (χ1) is 13.6. The lowest BCUT2D eigenvalue weighted by Gasteiger charge is -2.19. The lowest BCUT2D eigenvalue weighted by Crippen LogP contribution is -2.53. The molecular weight excluding hydrogens is 384 g/mol. The van der Waals surface area contributed by atoms with Gasteiger partial charge in [0.05, 0.1) is 12.6 Å². The summed E-state index contributed by atoms with van der Waals surface area (Å²) in [4.78, 5) is 58.2. The van der Waals surface area contributed by atoms with Crippen molar-refractivity contribution in [3.63, 3.8) is 0 Å². The van der Waals surface area contributed by atoms with Gasteiger partial charge < -0.3 is 37.8 Å². The largest absolute Gasteiger partial charge is 0.481 e. The summed E-state index contributed by atoms with van der Waals surface area (Å²) in [7, 11) is 1.46. The molecule has 29 heavy (non-hydrogen) atoms. The number of hydrogen-bond donors (Lipinski definition) is 7. The maximum atomic E-state index is 12.0. The highest BCUT2D eigenvalue weighted by molar-refractivity contribution is 5.93. The summed E-state index contributed by atoms with van der Waals surface area (Å²) in [5, 5.41) is 18.3. The molecule has 3 atom stereocenters. The number of carboxylic acid groups (broad SMARTS) is 1. The van der Waals surface area contributed by atoms with Crippen LogP contribution in [0.1, 0.15) is 39.0 Å². The fraction of sp³-hybridized carbons (Fsp3) is 0.706. The van der Waals surface area contributed by atoms with Crippen LogP contribution in [0.25, 0.3) is 0 Å². The Morgan fingerprint density at radius 2 is 1.62 bits per heavy atom. The quantitative estimate of drug-likeness (QED) is 0.146. The number of carboxylic acids is 1. The van der Waals surface area contributed by atoms with E-state index in [1.54, 1.807) is 0 Å². The van der Waals surface area contributed by atoms with Crippen LogP contribution in [0.15, 0.2) is 0 Å². The summed E-state index contributed by atoms with van der Waals surface area (Å²) in [6.07, 6.45) is 1.45. The van der Waals surface area contributed by atoms with E-state index in [-0.39, 0.29) is 25.3 Å². The van der Waals surface area contributed by atoms with Crippen molar-refractivity contribution < 1.29 is 29.1 Å². The first-order valence-electron chi connectivity index (χ1n) is 9.38. The van der Waals surface area contributed by atoms with Crippen LogP contribution in [-0.4, -0.2) is 73.0 Å². The first-order valence-corrected chi connectivity index (χ1v) is 9.38. The molecule has 0 aliphatic heterocycles. The summed E-state index contributed by atoms with van der Waals surface area (Å²) in [6, 6.07) is -2.78. The van der Waals surface area contributed by atoms with Gasteiger partial charge in [0.25, 0.3) is 0 Å². The third kappa shape index (κ3) is 11.7. The van der Waals surface area contributed by atoms with Crippen molar-refractivity contribution in [3.8, 4) is 0 Å². The molecule has 0 saturated heterocycles. The van der Waals surface area contributed by atoms with E-state index in [1.807, 2.05) is 0 Å². The molecule has 9 N–H and O–H groups in total. The average Bonchev–Trinajstić information content (AvgIpc) is 2.68. The van der Waals surface area contributed by atoms with Crippen LogP contribution in [0.5, 0.6) is 0 Å². The fourth-order valence-electron chi connectivity index (χ4n) is 2.30. The molecular formula is C17H32N6O6. The van der Waals surface area contributed by atoms with E-state index in [1.165, 1.54) is 14.0 Å². The highest BCUT2D eigenvalue weighted by Crippen LogP contribution is 2.01. The maximum Gasteiger partial charge on any atom is 0.303 e. The average molecular weight is 416 g/mol. The number of amides is 4. The minimum Gasteiger partial charge on any atom is -0.481 e. The molecule has 0 aromatic heterocycles. The van der Waals surface area contributed by atoms with Gasteiger partial charge in [0.1, 0.15) is 12.1 Å². The molecule has 166 valence electrons. The van der Waals surface area contributed by atoms with Crippen molar-refractivity contribution in [2.24, 2.45) is 11.5 Å². The summed E-state index contributed by atoms with van der Waals surface area (Å²) in [6.45, 7) is 1.50. The Morgan fingerprint density at radius 3 is 2.17 bits per heavy atom. The molecule has 12 nitrogen and oxygen atoms in total. The number of likely N-dealkylation sites (N-methyl/N-ethyl adjacent to an activating group) is 1. The molecule has 0 heterocycles. The molecule has 0 radical (unpaired) electrons. The fourth-order valence-corrected chi connectivity index (χ4v) is 2.30. The molecule has 0 aromatic rings. The zero-order chi connectivity index (χ0) is 22.4. The summed E-state index contributed by atoms with van der Waals surface area (Å²) < 4.78 is 0. The van der Waals surface area contributed by atoms with E-state index in [2.05, 4.69) is 21.3 Å². The lowest BCUT2D eigenvalue weighted by molar-refractivity contribution is -0.137. The molecule has 0 fully saturated rings. The SMILES string of the molecule is CNC(=O)[C@H](CCCCN)NC(=O)CNC(=O)[C@H](C)NC(=O)[C@H](N)CCC(=O)O. The monoisotopic (exact) mass is 416 g/mol. The molecule has 0 aliphatic carbocycles. The van der Waals surface area contributed by atoms with Gasteiger partial charge in [0.15, 0.2) is 0 Å². The van der Waals surface area contributed by atoms with Gasteiger partial charge in [0.2, 0.25) is 23.6 Å². The molecule has 0 saturated carbocycles. The van der Waals surface area contributed by atoms with E-state index in [9.17, 15) is 24.0 Å². The van der Waals surface area contributed by atoms with Gasteiger partial charge in [-0.2, -0.15) is 0 Å². The summed E-state index contributed by atoms with van der Waals surface area (Å²) in [5.41, 5.74) is 11.0. The van der Waals surface area contributed by atoms with Gasteiger partial charge in [-0.3, -0.25) is 24.0 Å². The number of carbonyl (C=O) groups is 5. The van der Waals surface area contributed by atoms with Crippen molar-refractivity contribution >= 4 is 29.6 Å². The number of carbonyl (C=O) groups excluding carboxylic acids is 4. The van der Waals surface area contributed by atoms with Gasteiger partial charge >= 0.3 is 5.97 Å². The first kappa shape index (κ1) is 26.3. The summed E-state index contributed by atoms with van der Waals surface area (Å²) in [5.74, 6) is -3.28. The third-order valence-corrected chi connectivity index (χ3v) is 4.03. The topological polar surface area (TPSA) is 206 Å². The van der Waals surface area contributed by atoms with Crippen molar-refractivity contribution in [2.45, 2.75) is 57.2 Å². The number of nitrogens with one attached hydrogen (secondary N) is 4. The van der Waals surface area contributed by atoms with E-state index < -0.39 is 41.8 Å². The lowest BCUT2D eigenvalue weighted by atomic mass is 10.1. The predicted molar refractivity (Wildman–Crippen MR) is 104 cm³/mol. The Labute approximate surface area is 169 Å². The Morgan fingerprint density at radius 1 is 0.966 bits per heavy atom. The molecule has 0 aliphatic rings. The standard InChI is InChI=1S/C17H32N6O6/c1-10(22-16(28)11(19)6-7-14(25)26)15(27)21-9-13(24)23-12(17(29)20-2)5-3-4-8-18/h10-12H,3-9,18-19H2,1-2H3,(H,20,29)(H,21,27)(H,22,28)(H,23,24)(H,25,26)/t10-,11+,12-/m0/s1. The minimum atomic E-state index is -1.08. The van der Waals surface area contributed by atoms with Crippen LogP contribution in [0, 0.1) is 0 Å². The van der Waals surface area contributed by atoms with Crippen molar-refractivity contribution in [3.05, 3.63) is 0 Å². The Balaban J connectivity index is 4.43. The number of aliphatic carboxylic acids is 1. The molecule has 0 spiro atoms. The summed E-state index contributed by atoms with van der Waals surface area (Å²) >= 11 is 0. The van der Waals surface area contributed by atoms with Crippen molar-refractivity contribution in [1.29, 1.82) is 0 Å². The van der Waals surface area contributed by atoms with E-state index in [0.717, 1.165) is 0 Å². The van der Waals surface area contributed by atoms with Gasteiger partial charge in [-0.25, -0.2) is 0 Å². The van der Waals surface area contributed by atoms with E-state index in [4.69, 9.17) is 16.6 Å². The Kier molecular flexibility index (Phi) is 12.9. The van der Waals surface area contributed by atoms with Crippen LogP contribution in [0.4, 0.5) is 0 Å². The second-order valence-corrected chi connectivity index (χ2v) is 6.51. The molecule has 0 aromatic carbocycles. The zero-order valence-electron chi connectivity index (χ0n) is 16.8. The van der Waals surface area contributed by atoms with Crippen LogP contribution in [0.3, 0.4) is 0 Å². The second kappa shape index (κ2) is 14.3. The van der Waals surface area contributed by atoms with E-state index in [0.29, 0.717) is 25.8 Å². The zero-order valence-corrected chi connectivity index (χ0v) is 16.8. The smallest absolute Gasteiger partial charge is 0.303 e.